The van der Waals surface area contributed by atoms with Crippen LogP contribution in [-0.2, 0) is 19.1 Å². The number of amides is 2. The van der Waals surface area contributed by atoms with Crippen molar-refractivity contribution in [1.29, 1.82) is 0 Å². The van der Waals surface area contributed by atoms with E-state index in [0.717, 1.165) is 22.3 Å². The lowest BCUT2D eigenvalue weighted by molar-refractivity contribution is -0.145. The smallest absolute Gasteiger partial charge is 0.407 e. The molecule has 2 amide bonds. The zero-order valence-corrected chi connectivity index (χ0v) is 17.6. The number of carbonyl (C=O) groups excluding carboxylic acids is 2. The maximum absolute atomic E-state index is 12.3. The van der Waals surface area contributed by atoms with Gasteiger partial charge in [-0.25, -0.2) is 9.59 Å². The van der Waals surface area contributed by atoms with Crippen molar-refractivity contribution in [3.05, 3.63) is 59.7 Å². The minimum absolute atomic E-state index is 0.0961. The van der Waals surface area contributed by atoms with Crippen molar-refractivity contribution in [2.45, 2.75) is 38.0 Å². The number of hydrogen-bond donors (Lipinski definition) is 3. The van der Waals surface area contributed by atoms with Crippen LogP contribution < -0.4 is 10.6 Å². The van der Waals surface area contributed by atoms with Crippen LogP contribution in [0.1, 0.15) is 30.9 Å². The minimum Gasteiger partial charge on any atom is -0.480 e. The van der Waals surface area contributed by atoms with Crippen LogP contribution in [0, 0.1) is 0 Å². The lowest BCUT2D eigenvalue weighted by Gasteiger charge is -2.22. The summed E-state index contributed by atoms with van der Waals surface area (Å²) in [6, 6.07) is 13.7. The molecule has 0 bridgehead atoms. The average Bonchev–Trinajstić information content (AvgIpc) is 3.08. The molecule has 8 nitrogen and oxygen atoms in total. The van der Waals surface area contributed by atoms with Crippen LogP contribution in [-0.4, -0.2) is 55.0 Å². The van der Waals surface area contributed by atoms with Gasteiger partial charge in [0.25, 0.3) is 0 Å². The Morgan fingerprint density at radius 1 is 0.968 bits per heavy atom. The zero-order valence-electron chi connectivity index (χ0n) is 17.6. The van der Waals surface area contributed by atoms with Crippen LogP contribution in [0.2, 0.25) is 0 Å². The molecular formula is C23H26N2O6. The van der Waals surface area contributed by atoms with E-state index in [9.17, 15) is 19.5 Å². The number of aliphatic carboxylic acids is 1. The molecule has 0 fully saturated rings. The van der Waals surface area contributed by atoms with E-state index in [1.54, 1.807) is 0 Å². The number of ether oxygens (including phenoxy) is 2. The summed E-state index contributed by atoms with van der Waals surface area (Å²) in [6.45, 7) is 3.10. The lowest BCUT2D eigenvalue weighted by Crippen LogP contribution is -2.54. The fourth-order valence-electron chi connectivity index (χ4n) is 3.68. The molecule has 1 aliphatic rings. The van der Waals surface area contributed by atoms with Gasteiger partial charge in [0.1, 0.15) is 12.6 Å². The number of methoxy groups -OCH3 is 1. The monoisotopic (exact) mass is 426 g/mol. The van der Waals surface area contributed by atoms with Gasteiger partial charge in [0.15, 0.2) is 6.04 Å². The predicted molar refractivity (Wildman–Crippen MR) is 114 cm³/mol. The third-order valence-corrected chi connectivity index (χ3v) is 5.48. The second kappa shape index (κ2) is 9.61. The number of fused-ring (bicyclic) bond motifs is 3. The molecule has 0 unspecified atom stereocenters. The van der Waals surface area contributed by atoms with Gasteiger partial charge in [0.2, 0.25) is 5.91 Å². The number of nitrogens with one attached hydrogen (secondary N) is 2. The van der Waals surface area contributed by atoms with Gasteiger partial charge in [-0.05, 0) is 36.1 Å². The standard InChI is InChI=1S/C23H26N2O6/c1-13(21(26)25-20(22(27)28)14(2)30-3)24-23(29)31-12-19-17-10-6-4-8-15(17)16-9-5-7-11-18(16)19/h4-11,13-14,19-20H,12H2,1-3H3,(H,24,29)(H,25,26)(H,27,28)/t13-,14-,20+/m1/s1. The van der Waals surface area contributed by atoms with Crippen LogP contribution in [0.4, 0.5) is 4.79 Å². The molecule has 0 saturated heterocycles. The van der Waals surface area contributed by atoms with E-state index < -0.39 is 36.2 Å². The largest absolute Gasteiger partial charge is 0.480 e. The summed E-state index contributed by atoms with van der Waals surface area (Å²) in [6.07, 6.45) is -1.49. The molecule has 0 heterocycles. The molecular weight excluding hydrogens is 400 g/mol. The molecule has 2 aromatic carbocycles. The van der Waals surface area contributed by atoms with Gasteiger partial charge in [-0.2, -0.15) is 0 Å². The van der Waals surface area contributed by atoms with E-state index in [1.165, 1.54) is 21.0 Å². The van der Waals surface area contributed by atoms with Crippen LogP contribution in [0.15, 0.2) is 48.5 Å². The summed E-state index contributed by atoms with van der Waals surface area (Å²) in [5, 5.41) is 14.1. The third-order valence-electron chi connectivity index (χ3n) is 5.48. The second-order valence-electron chi connectivity index (χ2n) is 7.46. The molecule has 0 radical (unpaired) electrons. The van der Waals surface area contributed by atoms with Gasteiger partial charge >= 0.3 is 12.1 Å². The summed E-state index contributed by atoms with van der Waals surface area (Å²) in [7, 11) is 1.35. The molecule has 0 spiro atoms. The van der Waals surface area contributed by atoms with E-state index >= 15 is 0 Å². The molecule has 3 N–H and O–H groups in total. The first-order valence-corrected chi connectivity index (χ1v) is 10.0. The van der Waals surface area contributed by atoms with Crippen molar-refractivity contribution in [3.8, 4) is 11.1 Å². The summed E-state index contributed by atoms with van der Waals surface area (Å²) < 4.78 is 10.4. The highest BCUT2D eigenvalue weighted by atomic mass is 16.5. The summed E-state index contributed by atoms with van der Waals surface area (Å²) in [4.78, 5) is 35.9. The average molecular weight is 426 g/mol. The number of alkyl carbamates (subject to hydrolysis) is 1. The highest BCUT2D eigenvalue weighted by Gasteiger charge is 2.31. The Hall–Kier alpha value is -3.39. The molecule has 0 aromatic heterocycles. The molecule has 164 valence electrons. The normalized spacial score (nSPS) is 15.2. The number of carboxylic acids is 1. The Morgan fingerprint density at radius 3 is 2.03 bits per heavy atom. The van der Waals surface area contributed by atoms with Crippen LogP contribution in [0.25, 0.3) is 11.1 Å². The third kappa shape index (κ3) is 4.86. The van der Waals surface area contributed by atoms with E-state index in [4.69, 9.17) is 9.47 Å². The first-order chi connectivity index (χ1) is 14.8. The Balaban J connectivity index is 1.59. The highest BCUT2D eigenvalue weighted by Crippen LogP contribution is 2.44. The highest BCUT2D eigenvalue weighted by molar-refractivity contribution is 5.89. The molecule has 0 saturated carbocycles. The number of carbonyl (C=O) groups is 3. The minimum atomic E-state index is -1.23. The summed E-state index contributed by atoms with van der Waals surface area (Å²) in [5.74, 6) is -1.97. The molecule has 2 aromatic rings. The van der Waals surface area contributed by atoms with Crippen molar-refractivity contribution >= 4 is 18.0 Å². The topological polar surface area (TPSA) is 114 Å². The number of rotatable bonds is 8. The van der Waals surface area contributed by atoms with Gasteiger partial charge in [0.05, 0.1) is 6.10 Å². The fraction of sp³-hybridized carbons (Fsp3) is 0.348. The van der Waals surface area contributed by atoms with E-state index in [2.05, 4.69) is 10.6 Å². The first kappa shape index (κ1) is 22.3. The Bertz CT molecular complexity index is 931. The maximum Gasteiger partial charge on any atom is 0.407 e. The molecule has 31 heavy (non-hydrogen) atoms. The van der Waals surface area contributed by atoms with E-state index in [-0.39, 0.29) is 12.5 Å². The Kier molecular flexibility index (Phi) is 6.91. The van der Waals surface area contributed by atoms with Crippen molar-refractivity contribution in [1.82, 2.24) is 10.6 Å². The fourth-order valence-corrected chi connectivity index (χ4v) is 3.68. The Labute approximate surface area is 180 Å². The second-order valence-corrected chi connectivity index (χ2v) is 7.46. The van der Waals surface area contributed by atoms with Crippen LogP contribution in [0.3, 0.4) is 0 Å². The zero-order chi connectivity index (χ0) is 22.5. The van der Waals surface area contributed by atoms with Crippen molar-refractivity contribution in [2.24, 2.45) is 0 Å². The SMILES string of the molecule is CO[C@H](C)[C@H](NC(=O)[C@@H](C)NC(=O)OCC1c2ccccc2-c2ccccc21)C(=O)O. The van der Waals surface area contributed by atoms with Gasteiger partial charge < -0.3 is 25.2 Å². The van der Waals surface area contributed by atoms with Crippen LogP contribution in [0.5, 0.6) is 0 Å². The van der Waals surface area contributed by atoms with E-state index in [0.29, 0.717) is 0 Å². The van der Waals surface area contributed by atoms with Gasteiger partial charge in [-0.1, -0.05) is 48.5 Å². The number of carboxylic acid groups (broad SMARTS) is 1. The van der Waals surface area contributed by atoms with Crippen molar-refractivity contribution in [2.75, 3.05) is 13.7 Å². The summed E-state index contributed by atoms with van der Waals surface area (Å²) >= 11 is 0. The molecule has 8 heteroatoms. The predicted octanol–water partition coefficient (Wildman–Crippen LogP) is 2.52. The van der Waals surface area contributed by atoms with Crippen molar-refractivity contribution in [3.63, 3.8) is 0 Å². The Morgan fingerprint density at radius 2 is 1.52 bits per heavy atom. The van der Waals surface area contributed by atoms with E-state index in [1.807, 2.05) is 48.5 Å². The quantitative estimate of drug-likeness (QED) is 0.598. The van der Waals surface area contributed by atoms with Crippen molar-refractivity contribution < 1.29 is 29.0 Å². The number of hydrogen-bond acceptors (Lipinski definition) is 5. The molecule has 1 aliphatic carbocycles. The number of benzene rings is 2. The lowest BCUT2D eigenvalue weighted by atomic mass is 9.98. The summed E-state index contributed by atoms with van der Waals surface area (Å²) in [5.41, 5.74) is 4.40. The van der Waals surface area contributed by atoms with Gasteiger partial charge in [0, 0.05) is 13.0 Å². The van der Waals surface area contributed by atoms with Gasteiger partial charge in [-0.15, -0.1) is 0 Å². The first-order valence-electron chi connectivity index (χ1n) is 10.0. The molecule has 3 atom stereocenters. The van der Waals surface area contributed by atoms with Gasteiger partial charge in [-0.3, -0.25) is 4.79 Å². The van der Waals surface area contributed by atoms with Crippen LogP contribution >= 0.6 is 0 Å². The molecule has 0 aliphatic heterocycles. The maximum atomic E-state index is 12.3. The molecule has 3 rings (SSSR count).